The van der Waals surface area contributed by atoms with Crippen LogP contribution < -0.4 is 10.6 Å². The van der Waals surface area contributed by atoms with Crippen LogP contribution >= 0.6 is 0 Å². The molecule has 0 unspecified atom stereocenters. The van der Waals surface area contributed by atoms with Crippen molar-refractivity contribution in [1.82, 2.24) is 4.98 Å². The van der Waals surface area contributed by atoms with Crippen molar-refractivity contribution in [2.75, 3.05) is 36.9 Å². The number of nitrogens with two attached hydrogens (primary N) is 1. The Hall–Kier alpha value is -1.85. The van der Waals surface area contributed by atoms with Crippen LogP contribution in [0.3, 0.4) is 0 Å². The number of hydrogen-bond acceptors (Lipinski definition) is 5. The van der Waals surface area contributed by atoms with Crippen molar-refractivity contribution in [3.8, 4) is 0 Å². The molecule has 0 aliphatic heterocycles. The fourth-order valence-corrected chi connectivity index (χ4v) is 2.05. The summed E-state index contributed by atoms with van der Waals surface area (Å²) in [6, 6.07) is 5.70. The molecule has 2 rings (SSSR count). The number of benzene rings is 1. The third-order valence-electron chi connectivity index (χ3n) is 2.92. The minimum absolute atomic E-state index is 0.0216. The first kappa shape index (κ1) is 12.6. The smallest absolute Gasteiger partial charge is 0.0632 e. The van der Waals surface area contributed by atoms with Crippen molar-refractivity contribution in [1.29, 1.82) is 0 Å². The van der Waals surface area contributed by atoms with Crippen LogP contribution in [0, 0.1) is 0 Å². The van der Waals surface area contributed by atoms with E-state index >= 15 is 0 Å². The number of hydrogen-bond donors (Lipinski definition) is 3. The minimum Gasteiger partial charge on any atom is -0.397 e. The zero-order chi connectivity index (χ0) is 13.0. The molecule has 0 saturated heterocycles. The standard InChI is InChI=1S/C13H17N3O2/c14-13-11-3-4-15-9-10(11)1-2-12(13)16(5-7-17)6-8-18/h1-4,9,17-18H,5-8,14H2. The van der Waals surface area contributed by atoms with E-state index in [9.17, 15) is 0 Å². The minimum atomic E-state index is 0.0216. The molecule has 0 amide bonds. The van der Waals surface area contributed by atoms with Crippen LogP contribution in [0.25, 0.3) is 10.8 Å². The first-order valence-electron chi connectivity index (χ1n) is 5.86. The van der Waals surface area contributed by atoms with Gasteiger partial charge in [0.2, 0.25) is 0 Å². The largest absolute Gasteiger partial charge is 0.397 e. The molecule has 0 fully saturated rings. The number of fused-ring (bicyclic) bond motifs is 1. The van der Waals surface area contributed by atoms with E-state index in [1.165, 1.54) is 0 Å². The Morgan fingerprint density at radius 1 is 1.11 bits per heavy atom. The summed E-state index contributed by atoms with van der Waals surface area (Å²) < 4.78 is 0. The van der Waals surface area contributed by atoms with E-state index in [1.807, 2.05) is 23.1 Å². The molecular weight excluding hydrogens is 230 g/mol. The van der Waals surface area contributed by atoms with Crippen LogP contribution in [0.4, 0.5) is 11.4 Å². The first-order chi connectivity index (χ1) is 8.77. The van der Waals surface area contributed by atoms with Crippen molar-refractivity contribution < 1.29 is 10.2 Å². The van der Waals surface area contributed by atoms with Crippen molar-refractivity contribution >= 4 is 22.1 Å². The Morgan fingerprint density at radius 2 is 1.83 bits per heavy atom. The van der Waals surface area contributed by atoms with Gasteiger partial charge < -0.3 is 20.8 Å². The van der Waals surface area contributed by atoms with Gasteiger partial charge in [-0.2, -0.15) is 0 Å². The fourth-order valence-electron chi connectivity index (χ4n) is 2.05. The average Bonchev–Trinajstić information content (AvgIpc) is 2.39. The molecule has 0 radical (unpaired) electrons. The molecule has 0 aliphatic rings. The first-order valence-corrected chi connectivity index (χ1v) is 5.86. The third kappa shape index (κ3) is 2.37. The lowest BCUT2D eigenvalue weighted by Crippen LogP contribution is -2.30. The van der Waals surface area contributed by atoms with Crippen molar-refractivity contribution in [2.24, 2.45) is 0 Å². The third-order valence-corrected chi connectivity index (χ3v) is 2.92. The van der Waals surface area contributed by atoms with Gasteiger partial charge in [0, 0.05) is 36.3 Å². The van der Waals surface area contributed by atoms with Gasteiger partial charge in [0.15, 0.2) is 0 Å². The molecule has 4 N–H and O–H groups in total. The number of rotatable bonds is 5. The Bertz CT molecular complexity index is 525. The van der Waals surface area contributed by atoms with Crippen LogP contribution in [-0.2, 0) is 0 Å². The van der Waals surface area contributed by atoms with Gasteiger partial charge in [-0.15, -0.1) is 0 Å². The van der Waals surface area contributed by atoms with E-state index in [1.54, 1.807) is 12.4 Å². The van der Waals surface area contributed by atoms with E-state index in [2.05, 4.69) is 4.98 Å². The lowest BCUT2D eigenvalue weighted by Gasteiger charge is -2.25. The highest BCUT2D eigenvalue weighted by atomic mass is 16.3. The fraction of sp³-hybridized carbons (Fsp3) is 0.308. The number of nitrogens with zero attached hydrogens (tertiary/aromatic N) is 2. The zero-order valence-corrected chi connectivity index (χ0v) is 10.1. The van der Waals surface area contributed by atoms with Crippen molar-refractivity contribution in [2.45, 2.75) is 0 Å². The number of aliphatic hydroxyl groups is 2. The van der Waals surface area contributed by atoms with E-state index in [-0.39, 0.29) is 13.2 Å². The van der Waals surface area contributed by atoms with Gasteiger partial charge in [0.05, 0.1) is 24.6 Å². The maximum Gasteiger partial charge on any atom is 0.0632 e. The molecule has 1 heterocycles. The van der Waals surface area contributed by atoms with Gasteiger partial charge in [-0.3, -0.25) is 4.98 Å². The van der Waals surface area contributed by atoms with Crippen LogP contribution in [0.1, 0.15) is 0 Å². The summed E-state index contributed by atoms with van der Waals surface area (Å²) >= 11 is 0. The van der Waals surface area contributed by atoms with Gasteiger partial charge in [-0.25, -0.2) is 0 Å². The molecule has 2 aromatic rings. The van der Waals surface area contributed by atoms with E-state index in [4.69, 9.17) is 15.9 Å². The van der Waals surface area contributed by atoms with Crippen LogP contribution in [-0.4, -0.2) is 41.5 Å². The molecule has 0 saturated carbocycles. The second-order valence-electron chi connectivity index (χ2n) is 4.03. The van der Waals surface area contributed by atoms with E-state index < -0.39 is 0 Å². The van der Waals surface area contributed by atoms with Crippen LogP contribution in [0.5, 0.6) is 0 Å². The van der Waals surface area contributed by atoms with Gasteiger partial charge in [0.1, 0.15) is 0 Å². The Morgan fingerprint density at radius 3 is 2.50 bits per heavy atom. The lowest BCUT2D eigenvalue weighted by molar-refractivity contribution is 0.281. The average molecular weight is 247 g/mol. The van der Waals surface area contributed by atoms with Crippen LogP contribution in [0.2, 0.25) is 0 Å². The highest BCUT2D eigenvalue weighted by molar-refractivity contribution is 5.98. The monoisotopic (exact) mass is 247 g/mol. The van der Waals surface area contributed by atoms with E-state index in [0.717, 1.165) is 16.5 Å². The maximum atomic E-state index is 9.05. The molecule has 0 aliphatic carbocycles. The molecule has 0 spiro atoms. The molecule has 18 heavy (non-hydrogen) atoms. The normalized spacial score (nSPS) is 10.8. The highest BCUT2D eigenvalue weighted by Gasteiger charge is 2.11. The Labute approximate surface area is 105 Å². The second kappa shape index (κ2) is 5.66. The van der Waals surface area contributed by atoms with Gasteiger partial charge >= 0.3 is 0 Å². The van der Waals surface area contributed by atoms with Crippen molar-refractivity contribution in [3.63, 3.8) is 0 Å². The number of nitrogen functional groups attached to an aromatic ring is 1. The summed E-state index contributed by atoms with van der Waals surface area (Å²) in [6.07, 6.45) is 3.46. The molecule has 1 aromatic carbocycles. The summed E-state index contributed by atoms with van der Waals surface area (Å²) in [6.45, 7) is 0.935. The van der Waals surface area contributed by atoms with Gasteiger partial charge in [0.25, 0.3) is 0 Å². The predicted octanol–water partition coefficient (Wildman–Crippen LogP) is 0.608. The molecule has 5 heteroatoms. The lowest BCUT2D eigenvalue weighted by atomic mass is 10.1. The molecule has 0 atom stereocenters. The van der Waals surface area contributed by atoms with Crippen LogP contribution in [0.15, 0.2) is 30.6 Å². The van der Waals surface area contributed by atoms with Gasteiger partial charge in [-0.1, -0.05) is 6.07 Å². The summed E-state index contributed by atoms with van der Waals surface area (Å²) in [5.41, 5.74) is 7.63. The predicted molar refractivity (Wildman–Crippen MR) is 72.5 cm³/mol. The zero-order valence-electron chi connectivity index (χ0n) is 10.1. The second-order valence-corrected chi connectivity index (χ2v) is 4.03. The quantitative estimate of drug-likeness (QED) is 0.674. The summed E-state index contributed by atoms with van der Waals surface area (Å²) in [7, 11) is 0. The van der Waals surface area contributed by atoms with Crippen molar-refractivity contribution in [3.05, 3.63) is 30.6 Å². The molecule has 96 valence electrons. The molecule has 1 aromatic heterocycles. The summed E-state index contributed by atoms with van der Waals surface area (Å²) in [5.74, 6) is 0. The number of anilines is 2. The molecule has 5 nitrogen and oxygen atoms in total. The SMILES string of the molecule is Nc1c(N(CCO)CCO)ccc2cnccc12. The van der Waals surface area contributed by atoms with Gasteiger partial charge in [-0.05, 0) is 12.1 Å². The summed E-state index contributed by atoms with van der Waals surface area (Å²) in [5, 5.41) is 20.0. The maximum absolute atomic E-state index is 9.05. The highest BCUT2D eigenvalue weighted by Crippen LogP contribution is 2.30. The Kier molecular flexibility index (Phi) is 3.96. The molecule has 0 bridgehead atoms. The summed E-state index contributed by atoms with van der Waals surface area (Å²) in [4.78, 5) is 5.92. The molecular formula is C13H17N3O2. The Balaban J connectivity index is 2.46. The number of aromatic nitrogens is 1. The topological polar surface area (TPSA) is 82.6 Å². The number of pyridine rings is 1. The number of aliphatic hydroxyl groups excluding tert-OH is 2. The van der Waals surface area contributed by atoms with E-state index in [0.29, 0.717) is 18.8 Å².